The molecule has 1 aliphatic rings. The third-order valence-electron chi connectivity index (χ3n) is 3.88. The molecule has 124 valence electrons. The fourth-order valence-electron chi connectivity index (χ4n) is 2.66. The second kappa shape index (κ2) is 6.53. The molecule has 0 radical (unpaired) electrons. The zero-order valence-corrected chi connectivity index (χ0v) is 12.8. The number of nitrogens with one attached hydrogen (secondary N) is 1. The molecule has 8 heteroatoms. The average molecular weight is 328 g/mol. The van der Waals surface area contributed by atoms with Crippen LogP contribution in [0.5, 0.6) is 5.88 Å². The second-order valence-electron chi connectivity index (χ2n) is 5.50. The number of nitro groups is 1. The molecular formula is C16H16N4O4. The number of benzene rings is 1. The van der Waals surface area contributed by atoms with Crippen molar-refractivity contribution in [2.45, 2.75) is 12.8 Å². The molecule has 8 nitrogen and oxygen atoms in total. The number of hydrogen-bond donors (Lipinski definition) is 2. The summed E-state index contributed by atoms with van der Waals surface area (Å²) >= 11 is 0. The highest BCUT2D eigenvalue weighted by molar-refractivity contribution is 5.68. The van der Waals surface area contributed by atoms with Gasteiger partial charge in [0.25, 0.3) is 5.88 Å². The van der Waals surface area contributed by atoms with Crippen LogP contribution in [0.1, 0.15) is 24.2 Å². The van der Waals surface area contributed by atoms with Gasteiger partial charge < -0.3 is 15.0 Å². The highest BCUT2D eigenvalue weighted by Gasteiger charge is 2.21. The molecule has 1 fully saturated rings. The van der Waals surface area contributed by atoms with Crippen LogP contribution in [0.25, 0.3) is 12.2 Å². The molecule has 0 spiro atoms. The minimum absolute atomic E-state index is 0.0479. The third kappa shape index (κ3) is 3.27. The molecule has 3 rings (SSSR count). The maximum absolute atomic E-state index is 11.6. The van der Waals surface area contributed by atoms with Gasteiger partial charge in [-0.05, 0) is 36.6 Å². The lowest BCUT2D eigenvalue weighted by atomic mass is 10.2. The monoisotopic (exact) mass is 328 g/mol. The van der Waals surface area contributed by atoms with Crippen LogP contribution < -0.4 is 10.5 Å². The van der Waals surface area contributed by atoms with E-state index < -0.39 is 22.0 Å². The number of nitrogens with zero attached hydrogens (tertiary/aromatic N) is 3. The molecule has 2 N–H and O–H groups in total. The molecule has 0 unspecified atom stereocenters. The summed E-state index contributed by atoms with van der Waals surface area (Å²) in [6, 6.07) is 7.92. The number of aromatic hydroxyl groups is 1. The van der Waals surface area contributed by atoms with Crippen LogP contribution in [-0.2, 0) is 0 Å². The molecule has 2 aromatic rings. The molecule has 24 heavy (non-hydrogen) atoms. The first-order chi connectivity index (χ1) is 11.5. The summed E-state index contributed by atoms with van der Waals surface area (Å²) in [6.45, 7) is 2.14. The first-order valence-corrected chi connectivity index (χ1v) is 7.55. The van der Waals surface area contributed by atoms with Gasteiger partial charge in [0.15, 0.2) is 0 Å². The Morgan fingerprint density at radius 1 is 1.21 bits per heavy atom. The van der Waals surface area contributed by atoms with Crippen molar-refractivity contribution in [2.24, 2.45) is 0 Å². The number of rotatable bonds is 4. The van der Waals surface area contributed by atoms with Crippen LogP contribution >= 0.6 is 0 Å². The van der Waals surface area contributed by atoms with Crippen molar-refractivity contribution in [3.05, 3.63) is 56.1 Å². The summed E-state index contributed by atoms with van der Waals surface area (Å²) in [7, 11) is 0. The van der Waals surface area contributed by atoms with Gasteiger partial charge in [-0.1, -0.05) is 18.2 Å². The maximum Gasteiger partial charge on any atom is 0.395 e. The van der Waals surface area contributed by atoms with Gasteiger partial charge in [0, 0.05) is 18.8 Å². The number of hydrogen-bond acceptors (Lipinski definition) is 6. The number of H-pyrrole nitrogens is 1. The van der Waals surface area contributed by atoms with Crippen molar-refractivity contribution in [3.63, 3.8) is 0 Å². The highest BCUT2D eigenvalue weighted by atomic mass is 16.6. The first-order valence-electron chi connectivity index (χ1n) is 7.55. The minimum atomic E-state index is -0.989. The SMILES string of the molecule is O=c1[nH]c(/C=C/c2ccc(N3CCCC3)cc2)nc(O)c1[N+](=O)[O-]. The van der Waals surface area contributed by atoms with Crippen molar-refractivity contribution in [1.29, 1.82) is 0 Å². The Kier molecular flexibility index (Phi) is 4.28. The number of aromatic nitrogens is 2. The Morgan fingerprint density at radius 3 is 2.46 bits per heavy atom. The Balaban J connectivity index is 1.78. The predicted octanol–water partition coefficient (Wildman–Crippen LogP) is 2.15. The largest absolute Gasteiger partial charge is 0.488 e. The lowest BCUT2D eigenvalue weighted by Gasteiger charge is -2.17. The van der Waals surface area contributed by atoms with Crippen molar-refractivity contribution in [3.8, 4) is 5.88 Å². The summed E-state index contributed by atoms with van der Waals surface area (Å²) in [6.07, 6.45) is 5.61. The number of aromatic amines is 1. The first kappa shape index (κ1) is 15.7. The normalized spacial score (nSPS) is 14.4. The van der Waals surface area contributed by atoms with E-state index in [4.69, 9.17) is 0 Å². The van der Waals surface area contributed by atoms with Crippen LogP contribution in [0, 0.1) is 10.1 Å². The molecule has 1 aromatic carbocycles. The van der Waals surface area contributed by atoms with E-state index in [0.29, 0.717) is 0 Å². The van der Waals surface area contributed by atoms with Crippen LogP contribution in [0.3, 0.4) is 0 Å². The second-order valence-corrected chi connectivity index (χ2v) is 5.50. The van der Waals surface area contributed by atoms with Gasteiger partial charge in [-0.2, -0.15) is 4.98 Å². The van der Waals surface area contributed by atoms with Gasteiger partial charge >= 0.3 is 11.2 Å². The van der Waals surface area contributed by atoms with Gasteiger partial charge in [0.1, 0.15) is 5.82 Å². The predicted molar refractivity (Wildman–Crippen MR) is 90.0 cm³/mol. The Hall–Kier alpha value is -3.16. The Labute approximate surface area is 137 Å². The van der Waals surface area contributed by atoms with Gasteiger partial charge in [-0.15, -0.1) is 0 Å². The lowest BCUT2D eigenvalue weighted by molar-refractivity contribution is -0.387. The van der Waals surface area contributed by atoms with Crippen LogP contribution in [0.2, 0.25) is 0 Å². The van der Waals surface area contributed by atoms with Crippen LogP contribution in [-0.4, -0.2) is 33.1 Å². The molecule has 1 aromatic heterocycles. The minimum Gasteiger partial charge on any atom is -0.488 e. The molecule has 0 atom stereocenters. The van der Waals surface area contributed by atoms with E-state index in [0.717, 1.165) is 18.7 Å². The Morgan fingerprint density at radius 2 is 1.88 bits per heavy atom. The van der Waals surface area contributed by atoms with Crippen molar-refractivity contribution in [1.82, 2.24) is 9.97 Å². The fraction of sp³-hybridized carbons (Fsp3) is 0.250. The highest BCUT2D eigenvalue weighted by Crippen LogP contribution is 2.21. The summed E-state index contributed by atoms with van der Waals surface area (Å²) in [5, 5.41) is 20.1. The van der Waals surface area contributed by atoms with Gasteiger partial charge in [0.05, 0.1) is 4.92 Å². The van der Waals surface area contributed by atoms with E-state index in [1.54, 1.807) is 6.08 Å². The number of anilines is 1. The van der Waals surface area contributed by atoms with Crippen LogP contribution in [0.4, 0.5) is 11.4 Å². The molecule has 0 saturated carbocycles. The molecule has 1 saturated heterocycles. The lowest BCUT2D eigenvalue weighted by Crippen LogP contribution is -2.17. The molecule has 0 aliphatic carbocycles. The maximum atomic E-state index is 11.6. The summed E-state index contributed by atoms with van der Waals surface area (Å²) in [5.74, 6) is -0.848. The van der Waals surface area contributed by atoms with E-state index in [-0.39, 0.29) is 5.82 Å². The van der Waals surface area contributed by atoms with Crippen LogP contribution in [0.15, 0.2) is 29.1 Å². The molecule has 2 heterocycles. The molecule has 0 bridgehead atoms. The van der Waals surface area contributed by atoms with E-state index in [1.807, 2.05) is 24.3 Å². The van der Waals surface area contributed by atoms with Gasteiger partial charge in [0.2, 0.25) is 0 Å². The van der Waals surface area contributed by atoms with Crippen molar-refractivity contribution < 1.29 is 10.0 Å². The summed E-state index contributed by atoms with van der Waals surface area (Å²) in [5.41, 5.74) is 0.112. The summed E-state index contributed by atoms with van der Waals surface area (Å²) in [4.78, 5) is 29.4. The van der Waals surface area contributed by atoms with Crippen molar-refractivity contribution >= 4 is 23.5 Å². The molecular weight excluding hydrogens is 312 g/mol. The third-order valence-corrected chi connectivity index (χ3v) is 3.88. The van der Waals surface area contributed by atoms with E-state index in [9.17, 15) is 20.0 Å². The summed E-state index contributed by atoms with van der Waals surface area (Å²) < 4.78 is 0. The molecule has 0 amide bonds. The Bertz CT molecular complexity index is 836. The average Bonchev–Trinajstić information content (AvgIpc) is 3.07. The van der Waals surface area contributed by atoms with E-state index >= 15 is 0 Å². The van der Waals surface area contributed by atoms with Crippen molar-refractivity contribution in [2.75, 3.05) is 18.0 Å². The topological polar surface area (TPSA) is 112 Å². The zero-order chi connectivity index (χ0) is 17.1. The standard InChI is InChI=1S/C16H16N4O4/c21-15-14(20(23)24)16(22)18-13(17-15)8-5-11-3-6-12(7-4-11)19-9-1-2-10-19/h3-8H,1-2,9-10H2,(H2,17,18,21,22)/b8-5+. The molecule has 1 aliphatic heterocycles. The van der Waals surface area contributed by atoms with E-state index in [1.165, 1.54) is 24.6 Å². The smallest absolute Gasteiger partial charge is 0.395 e. The van der Waals surface area contributed by atoms with Gasteiger partial charge in [-0.3, -0.25) is 14.9 Å². The zero-order valence-electron chi connectivity index (χ0n) is 12.8. The fourth-order valence-corrected chi connectivity index (χ4v) is 2.66. The van der Waals surface area contributed by atoms with E-state index in [2.05, 4.69) is 14.9 Å². The van der Waals surface area contributed by atoms with Gasteiger partial charge in [-0.25, -0.2) is 0 Å². The quantitative estimate of drug-likeness (QED) is 0.657.